The molecule has 8 heteroatoms. The number of piperazine rings is 1. The summed E-state index contributed by atoms with van der Waals surface area (Å²) in [6.45, 7) is 3.03. The van der Waals surface area contributed by atoms with Crippen molar-refractivity contribution in [3.05, 3.63) is 59.2 Å². The lowest BCUT2D eigenvalue weighted by atomic mass is 10.3. The maximum atomic E-state index is 13.7. The summed E-state index contributed by atoms with van der Waals surface area (Å²) in [4.78, 5) is 20.6. The van der Waals surface area contributed by atoms with E-state index >= 15 is 0 Å². The molecule has 1 N–H and O–H groups in total. The minimum Gasteiger partial charge on any atom is -0.439 e. The number of carbonyl (C=O) groups excluding carboxylic acids is 1. The third-order valence-corrected chi connectivity index (χ3v) is 4.76. The van der Waals surface area contributed by atoms with Crippen molar-refractivity contribution in [2.24, 2.45) is 0 Å². The second kappa shape index (κ2) is 7.54. The SMILES string of the molecule is O=C(Nc1ccccc1F)N1CCN(Cc2nc3ccc(Cl)cc3o2)CC1. The maximum Gasteiger partial charge on any atom is 0.322 e. The van der Waals surface area contributed by atoms with Crippen LogP contribution >= 0.6 is 11.6 Å². The Bertz CT molecular complexity index is 969. The molecule has 2 aromatic carbocycles. The predicted molar refractivity (Wildman–Crippen MR) is 101 cm³/mol. The van der Waals surface area contributed by atoms with Crippen LogP contribution in [0.4, 0.5) is 14.9 Å². The Balaban J connectivity index is 1.33. The third-order valence-electron chi connectivity index (χ3n) is 4.53. The van der Waals surface area contributed by atoms with Gasteiger partial charge in [0.2, 0.25) is 5.89 Å². The van der Waals surface area contributed by atoms with Gasteiger partial charge in [0.15, 0.2) is 5.58 Å². The van der Waals surface area contributed by atoms with Crippen LogP contribution in [0.25, 0.3) is 11.1 Å². The van der Waals surface area contributed by atoms with Crippen molar-refractivity contribution in [3.8, 4) is 0 Å². The summed E-state index contributed by atoms with van der Waals surface area (Å²) < 4.78 is 19.4. The minimum absolute atomic E-state index is 0.190. The van der Waals surface area contributed by atoms with Gasteiger partial charge in [-0.1, -0.05) is 23.7 Å². The molecule has 1 aliphatic heterocycles. The van der Waals surface area contributed by atoms with Crippen molar-refractivity contribution in [2.45, 2.75) is 6.54 Å². The number of halogens is 2. The first-order chi connectivity index (χ1) is 13.1. The predicted octanol–water partition coefficient (Wildman–Crippen LogP) is 3.97. The van der Waals surface area contributed by atoms with Gasteiger partial charge in [0.05, 0.1) is 12.2 Å². The molecular formula is C19H18ClFN4O2. The summed E-state index contributed by atoms with van der Waals surface area (Å²) in [5, 5.41) is 3.23. The Morgan fingerprint density at radius 2 is 1.96 bits per heavy atom. The smallest absolute Gasteiger partial charge is 0.322 e. The molecule has 0 saturated carbocycles. The Kier molecular flexibility index (Phi) is 4.96. The third kappa shape index (κ3) is 4.04. The molecule has 0 aliphatic carbocycles. The van der Waals surface area contributed by atoms with Crippen LogP contribution < -0.4 is 5.32 Å². The van der Waals surface area contributed by atoms with Crippen molar-refractivity contribution in [1.82, 2.24) is 14.8 Å². The van der Waals surface area contributed by atoms with Gasteiger partial charge >= 0.3 is 6.03 Å². The van der Waals surface area contributed by atoms with Gasteiger partial charge in [0.25, 0.3) is 0 Å². The average molecular weight is 389 g/mol. The van der Waals surface area contributed by atoms with Gasteiger partial charge in [0, 0.05) is 37.3 Å². The van der Waals surface area contributed by atoms with Crippen molar-refractivity contribution in [2.75, 3.05) is 31.5 Å². The zero-order chi connectivity index (χ0) is 18.8. The standard InChI is InChI=1S/C19H18ClFN4O2/c20-13-5-6-16-17(11-13)27-18(22-16)12-24-7-9-25(10-8-24)19(26)23-15-4-2-1-3-14(15)21/h1-6,11H,7-10,12H2,(H,23,26). The molecule has 2 heterocycles. The molecule has 0 spiro atoms. The molecule has 1 aromatic heterocycles. The summed E-state index contributed by atoms with van der Waals surface area (Å²) in [5.74, 6) is 0.178. The highest BCUT2D eigenvalue weighted by molar-refractivity contribution is 6.31. The first-order valence-corrected chi connectivity index (χ1v) is 9.04. The number of rotatable bonds is 3. The molecule has 0 radical (unpaired) electrons. The number of fused-ring (bicyclic) bond motifs is 1. The number of benzene rings is 2. The number of para-hydroxylation sites is 1. The first kappa shape index (κ1) is 17.8. The molecule has 140 valence electrons. The van der Waals surface area contributed by atoms with E-state index in [1.165, 1.54) is 6.07 Å². The molecule has 0 bridgehead atoms. The number of aromatic nitrogens is 1. The number of carbonyl (C=O) groups is 1. The van der Waals surface area contributed by atoms with E-state index in [1.807, 2.05) is 6.07 Å². The Labute approximate surface area is 160 Å². The zero-order valence-corrected chi connectivity index (χ0v) is 15.2. The van der Waals surface area contributed by atoms with E-state index < -0.39 is 5.82 Å². The van der Waals surface area contributed by atoms with E-state index in [1.54, 1.807) is 35.2 Å². The maximum absolute atomic E-state index is 13.7. The summed E-state index contributed by atoms with van der Waals surface area (Å²) in [6, 6.07) is 11.2. The van der Waals surface area contributed by atoms with Crippen LogP contribution in [0.3, 0.4) is 0 Å². The lowest BCUT2D eigenvalue weighted by molar-refractivity contribution is 0.136. The largest absolute Gasteiger partial charge is 0.439 e. The van der Waals surface area contributed by atoms with Gasteiger partial charge < -0.3 is 14.6 Å². The van der Waals surface area contributed by atoms with Crippen molar-refractivity contribution in [3.63, 3.8) is 0 Å². The van der Waals surface area contributed by atoms with Gasteiger partial charge in [-0.15, -0.1) is 0 Å². The zero-order valence-electron chi connectivity index (χ0n) is 14.5. The molecule has 27 heavy (non-hydrogen) atoms. The van der Waals surface area contributed by atoms with Crippen LogP contribution in [0.1, 0.15) is 5.89 Å². The number of urea groups is 1. The highest BCUT2D eigenvalue weighted by Crippen LogP contribution is 2.21. The summed E-state index contributed by atoms with van der Waals surface area (Å²) in [7, 11) is 0. The topological polar surface area (TPSA) is 61.6 Å². The Hall–Kier alpha value is -2.64. The first-order valence-electron chi connectivity index (χ1n) is 8.66. The van der Waals surface area contributed by atoms with Crippen molar-refractivity contribution < 1.29 is 13.6 Å². The minimum atomic E-state index is -0.444. The fraction of sp³-hybridized carbons (Fsp3) is 0.263. The quantitative estimate of drug-likeness (QED) is 0.737. The molecule has 1 aliphatic rings. The van der Waals surface area contributed by atoms with Gasteiger partial charge in [0.1, 0.15) is 11.3 Å². The van der Waals surface area contributed by atoms with Crippen LogP contribution in [0.5, 0.6) is 0 Å². The van der Waals surface area contributed by atoms with Gasteiger partial charge in [-0.05, 0) is 24.3 Å². The van der Waals surface area contributed by atoms with Crippen LogP contribution in [-0.4, -0.2) is 47.0 Å². The van der Waals surface area contributed by atoms with E-state index in [0.29, 0.717) is 49.2 Å². The normalized spacial score (nSPS) is 15.3. The highest BCUT2D eigenvalue weighted by Gasteiger charge is 2.23. The number of nitrogens with one attached hydrogen (secondary N) is 1. The van der Waals surface area contributed by atoms with Crippen LogP contribution in [0, 0.1) is 5.82 Å². The number of oxazole rings is 1. The molecule has 4 rings (SSSR count). The van der Waals surface area contributed by atoms with E-state index in [2.05, 4.69) is 15.2 Å². The number of anilines is 1. The van der Waals surface area contributed by atoms with Crippen LogP contribution in [0.15, 0.2) is 46.9 Å². The molecule has 1 fully saturated rings. The summed E-state index contributed by atoms with van der Waals surface area (Å²) in [6.07, 6.45) is 0. The van der Waals surface area contributed by atoms with Crippen LogP contribution in [-0.2, 0) is 6.54 Å². The van der Waals surface area contributed by atoms with Crippen molar-refractivity contribution in [1.29, 1.82) is 0 Å². The second-order valence-corrected chi connectivity index (χ2v) is 6.83. The molecule has 3 aromatic rings. The summed E-state index contributed by atoms with van der Waals surface area (Å²) >= 11 is 5.97. The van der Waals surface area contributed by atoms with E-state index in [0.717, 1.165) is 5.52 Å². The number of nitrogens with zero attached hydrogens (tertiary/aromatic N) is 3. The molecule has 1 saturated heterocycles. The van der Waals surface area contributed by atoms with Crippen molar-refractivity contribution >= 4 is 34.4 Å². The molecule has 6 nitrogen and oxygen atoms in total. The van der Waals surface area contributed by atoms with E-state index in [-0.39, 0.29) is 11.7 Å². The van der Waals surface area contributed by atoms with Gasteiger partial charge in [-0.25, -0.2) is 14.2 Å². The number of amides is 2. The fourth-order valence-electron chi connectivity index (χ4n) is 3.07. The number of hydrogen-bond acceptors (Lipinski definition) is 4. The van der Waals surface area contributed by atoms with Crippen LogP contribution in [0.2, 0.25) is 5.02 Å². The lowest BCUT2D eigenvalue weighted by Gasteiger charge is -2.34. The fourth-order valence-corrected chi connectivity index (χ4v) is 3.23. The highest BCUT2D eigenvalue weighted by atomic mass is 35.5. The molecule has 0 unspecified atom stereocenters. The van der Waals surface area contributed by atoms with Gasteiger partial charge in [-0.3, -0.25) is 4.90 Å². The second-order valence-electron chi connectivity index (χ2n) is 6.39. The average Bonchev–Trinajstić information content (AvgIpc) is 3.05. The lowest BCUT2D eigenvalue weighted by Crippen LogP contribution is -2.49. The molecule has 0 atom stereocenters. The van der Waals surface area contributed by atoms with E-state index in [4.69, 9.17) is 16.0 Å². The van der Waals surface area contributed by atoms with E-state index in [9.17, 15) is 9.18 Å². The Morgan fingerprint density at radius 3 is 2.74 bits per heavy atom. The summed E-state index contributed by atoms with van der Waals surface area (Å²) in [5.41, 5.74) is 1.63. The van der Waals surface area contributed by atoms with Gasteiger partial charge in [-0.2, -0.15) is 0 Å². The molecule has 2 amide bonds. The Morgan fingerprint density at radius 1 is 1.19 bits per heavy atom. The molecular weight excluding hydrogens is 371 g/mol. The number of hydrogen-bond donors (Lipinski definition) is 1. The monoisotopic (exact) mass is 388 g/mol.